The molecule has 0 spiro atoms. The maximum absolute atomic E-state index is 12.7. The number of amides is 1. The monoisotopic (exact) mass is 333 g/mol. The Labute approximate surface area is 140 Å². The van der Waals surface area contributed by atoms with E-state index >= 15 is 0 Å². The molecule has 23 heavy (non-hydrogen) atoms. The number of benzene rings is 1. The van der Waals surface area contributed by atoms with Crippen LogP contribution in [0.1, 0.15) is 30.2 Å². The van der Waals surface area contributed by atoms with Gasteiger partial charge in [0.2, 0.25) is 5.91 Å². The summed E-state index contributed by atoms with van der Waals surface area (Å²) in [4.78, 5) is 16.5. The highest BCUT2D eigenvalue weighted by Crippen LogP contribution is 2.26. The Morgan fingerprint density at radius 2 is 2.04 bits per heavy atom. The number of fused-ring (bicyclic) bond motifs is 1. The minimum absolute atomic E-state index is 0.0669. The van der Waals surface area contributed by atoms with E-state index in [1.54, 1.807) is 4.90 Å². The molecule has 0 radical (unpaired) electrons. The lowest BCUT2D eigenvalue weighted by Gasteiger charge is -2.32. The summed E-state index contributed by atoms with van der Waals surface area (Å²) in [5.74, 6) is 1.71. The highest BCUT2D eigenvalue weighted by molar-refractivity contribution is 6.31. The van der Waals surface area contributed by atoms with Crippen molar-refractivity contribution in [3.63, 3.8) is 0 Å². The minimum Gasteiger partial charge on any atom is -0.329 e. The summed E-state index contributed by atoms with van der Waals surface area (Å²) in [7, 11) is 3.95. The van der Waals surface area contributed by atoms with Gasteiger partial charge < -0.3 is 9.80 Å². The molecule has 7 heteroatoms. The maximum atomic E-state index is 12.7. The predicted molar refractivity (Wildman–Crippen MR) is 87.8 cm³/mol. The van der Waals surface area contributed by atoms with Crippen LogP contribution in [0.5, 0.6) is 0 Å². The van der Waals surface area contributed by atoms with Gasteiger partial charge >= 0.3 is 0 Å². The second-order valence-electron chi connectivity index (χ2n) is 6.10. The van der Waals surface area contributed by atoms with Crippen molar-refractivity contribution < 1.29 is 4.79 Å². The number of carbonyl (C=O) groups is 1. The molecule has 1 aromatic carbocycles. The van der Waals surface area contributed by atoms with Crippen molar-refractivity contribution in [2.24, 2.45) is 0 Å². The Morgan fingerprint density at radius 1 is 1.30 bits per heavy atom. The minimum atomic E-state index is -0.300. The highest BCUT2D eigenvalue weighted by atomic mass is 35.5. The van der Waals surface area contributed by atoms with E-state index in [1.165, 1.54) is 0 Å². The number of aromatic nitrogens is 3. The van der Waals surface area contributed by atoms with Gasteiger partial charge in [0.25, 0.3) is 0 Å². The van der Waals surface area contributed by atoms with Gasteiger partial charge in [-0.2, -0.15) is 0 Å². The van der Waals surface area contributed by atoms with Crippen LogP contribution in [0, 0.1) is 0 Å². The Balaban J connectivity index is 1.86. The predicted octanol–water partition coefficient (Wildman–Crippen LogP) is 2.10. The van der Waals surface area contributed by atoms with Gasteiger partial charge in [0.1, 0.15) is 11.9 Å². The van der Waals surface area contributed by atoms with Crippen molar-refractivity contribution in [1.82, 2.24) is 24.6 Å². The van der Waals surface area contributed by atoms with E-state index in [2.05, 4.69) is 10.2 Å². The third kappa shape index (κ3) is 3.09. The van der Waals surface area contributed by atoms with Crippen LogP contribution in [0.4, 0.5) is 0 Å². The fourth-order valence-corrected chi connectivity index (χ4v) is 3.09. The number of nitrogens with zero attached hydrogens (tertiary/aromatic N) is 5. The second-order valence-corrected chi connectivity index (χ2v) is 6.51. The molecule has 0 aliphatic carbocycles. The first-order valence-electron chi connectivity index (χ1n) is 7.57. The molecule has 0 N–H and O–H groups in total. The van der Waals surface area contributed by atoms with Crippen LogP contribution in [0.25, 0.3) is 0 Å². The first-order chi connectivity index (χ1) is 11.0. The molecule has 0 saturated heterocycles. The first kappa shape index (κ1) is 16.0. The van der Waals surface area contributed by atoms with Crippen LogP contribution < -0.4 is 0 Å². The van der Waals surface area contributed by atoms with Gasteiger partial charge in [-0.3, -0.25) is 9.36 Å². The zero-order valence-corrected chi connectivity index (χ0v) is 14.3. The Morgan fingerprint density at radius 3 is 2.74 bits per heavy atom. The van der Waals surface area contributed by atoms with Crippen LogP contribution >= 0.6 is 11.6 Å². The standard InChI is InChI=1S/C16H20ClN5O/c1-11-16(23)21(8-12-6-4-5-7-13(12)17)10-15-19-18-14(22(11)15)9-20(2)3/h4-7,11H,8-10H2,1-3H3/t11-/m0/s1. The van der Waals surface area contributed by atoms with Crippen molar-refractivity contribution in [3.8, 4) is 0 Å². The van der Waals surface area contributed by atoms with Crippen molar-refractivity contribution in [2.75, 3.05) is 14.1 Å². The molecule has 1 aliphatic rings. The van der Waals surface area contributed by atoms with Gasteiger partial charge in [0.05, 0.1) is 13.1 Å². The Kier molecular flexibility index (Phi) is 4.37. The second kappa shape index (κ2) is 6.29. The Bertz CT molecular complexity index is 727. The first-order valence-corrected chi connectivity index (χ1v) is 7.94. The lowest BCUT2D eigenvalue weighted by Crippen LogP contribution is -2.42. The molecule has 2 heterocycles. The zero-order chi connectivity index (χ0) is 16.6. The van der Waals surface area contributed by atoms with E-state index in [1.807, 2.05) is 54.8 Å². The summed E-state index contributed by atoms with van der Waals surface area (Å²) in [5, 5.41) is 9.19. The number of rotatable bonds is 4. The fourth-order valence-electron chi connectivity index (χ4n) is 2.90. The molecular formula is C16H20ClN5O. The molecule has 0 saturated carbocycles. The average molecular weight is 334 g/mol. The third-order valence-electron chi connectivity index (χ3n) is 4.00. The quantitative estimate of drug-likeness (QED) is 0.859. The lowest BCUT2D eigenvalue weighted by atomic mass is 10.1. The van der Waals surface area contributed by atoms with E-state index in [4.69, 9.17) is 11.6 Å². The zero-order valence-electron chi connectivity index (χ0n) is 13.5. The molecule has 2 aromatic rings. The van der Waals surface area contributed by atoms with Gasteiger partial charge in [-0.1, -0.05) is 29.8 Å². The lowest BCUT2D eigenvalue weighted by molar-refractivity contribution is -0.137. The molecule has 1 atom stereocenters. The maximum Gasteiger partial charge on any atom is 0.246 e. The molecule has 0 unspecified atom stereocenters. The van der Waals surface area contributed by atoms with Crippen LogP contribution in [0.3, 0.4) is 0 Å². The van der Waals surface area contributed by atoms with E-state index in [0.29, 0.717) is 24.7 Å². The highest BCUT2D eigenvalue weighted by Gasteiger charge is 2.33. The summed E-state index contributed by atoms with van der Waals surface area (Å²) in [5.41, 5.74) is 0.941. The molecule has 3 rings (SSSR count). The fraction of sp³-hybridized carbons (Fsp3) is 0.438. The van der Waals surface area contributed by atoms with E-state index in [-0.39, 0.29) is 11.9 Å². The molecular weight excluding hydrogens is 314 g/mol. The van der Waals surface area contributed by atoms with Crippen LogP contribution in [-0.4, -0.2) is 44.6 Å². The molecule has 0 bridgehead atoms. The topological polar surface area (TPSA) is 54.3 Å². The normalized spacial score (nSPS) is 17.7. The number of hydrogen-bond acceptors (Lipinski definition) is 4. The molecule has 122 valence electrons. The van der Waals surface area contributed by atoms with E-state index in [9.17, 15) is 4.79 Å². The molecule has 1 amide bonds. The summed E-state index contributed by atoms with van der Waals surface area (Å²) in [6.45, 7) is 3.50. The molecule has 1 aliphatic heterocycles. The van der Waals surface area contributed by atoms with Crippen LogP contribution in [-0.2, 0) is 24.4 Å². The molecule has 1 aromatic heterocycles. The summed E-state index contributed by atoms with van der Waals surface area (Å²) < 4.78 is 1.95. The largest absolute Gasteiger partial charge is 0.329 e. The number of hydrogen-bond donors (Lipinski definition) is 0. The summed E-state index contributed by atoms with van der Waals surface area (Å²) in [6, 6.07) is 7.29. The summed E-state index contributed by atoms with van der Waals surface area (Å²) in [6.07, 6.45) is 0. The number of carbonyl (C=O) groups excluding carboxylic acids is 1. The van der Waals surface area contributed by atoms with Gasteiger partial charge in [-0.15, -0.1) is 10.2 Å². The van der Waals surface area contributed by atoms with Gasteiger partial charge in [0, 0.05) is 11.6 Å². The van der Waals surface area contributed by atoms with Crippen molar-refractivity contribution in [3.05, 3.63) is 46.5 Å². The molecule has 6 nitrogen and oxygen atoms in total. The molecule has 0 fully saturated rings. The van der Waals surface area contributed by atoms with Crippen molar-refractivity contribution in [2.45, 2.75) is 32.6 Å². The van der Waals surface area contributed by atoms with E-state index in [0.717, 1.165) is 17.2 Å². The smallest absolute Gasteiger partial charge is 0.246 e. The third-order valence-corrected chi connectivity index (χ3v) is 4.37. The number of halogens is 1. The van der Waals surface area contributed by atoms with Gasteiger partial charge in [-0.05, 0) is 32.6 Å². The Hall–Kier alpha value is -1.92. The van der Waals surface area contributed by atoms with Gasteiger partial charge in [0.15, 0.2) is 5.82 Å². The van der Waals surface area contributed by atoms with Crippen LogP contribution in [0.15, 0.2) is 24.3 Å². The SMILES string of the molecule is C[C@H]1C(=O)N(Cc2ccccc2Cl)Cc2nnc(CN(C)C)n21. The van der Waals surface area contributed by atoms with Crippen molar-refractivity contribution >= 4 is 17.5 Å². The van der Waals surface area contributed by atoms with Gasteiger partial charge in [-0.25, -0.2) is 0 Å². The van der Waals surface area contributed by atoms with Crippen LogP contribution in [0.2, 0.25) is 5.02 Å². The van der Waals surface area contributed by atoms with Crippen molar-refractivity contribution in [1.29, 1.82) is 0 Å². The summed E-state index contributed by atoms with van der Waals surface area (Å²) >= 11 is 6.21. The average Bonchev–Trinajstić information content (AvgIpc) is 2.89. The van der Waals surface area contributed by atoms with E-state index < -0.39 is 0 Å².